The predicted octanol–water partition coefficient (Wildman–Crippen LogP) is 2.94. The van der Waals surface area contributed by atoms with Crippen molar-refractivity contribution in [1.82, 2.24) is 5.32 Å². The minimum absolute atomic E-state index is 0.0815. The van der Waals surface area contributed by atoms with Crippen molar-refractivity contribution in [3.63, 3.8) is 0 Å². The standard InChI is InChI=1S/C16H22ClNO2/c17-14-9-7-12(8-10-14)3-1-6-16(20)18-11-13-4-2-5-15(13)19/h7-10,13,15,19H,1-6,11H2,(H,18,20)/t13-,15-/m0/s1. The van der Waals surface area contributed by atoms with E-state index < -0.39 is 0 Å². The summed E-state index contributed by atoms with van der Waals surface area (Å²) in [6.07, 6.45) is 4.98. The van der Waals surface area contributed by atoms with Crippen molar-refractivity contribution in [2.45, 2.75) is 44.6 Å². The maximum atomic E-state index is 11.7. The number of amides is 1. The number of hydrogen-bond acceptors (Lipinski definition) is 2. The van der Waals surface area contributed by atoms with E-state index in [1.54, 1.807) is 0 Å². The monoisotopic (exact) mass is 295 g/mol. The van der Waals surface area contributed by atoms with E-state index in [1.165, 1.54) is 5.56 Å². The van der Waals surface area contributed by atoms with Gasteiger partial charge in [0.1, 0.15) is 0 Å². The Labute approximate surface area is 125 Å². The van der Waals surface area contributed by atoms with Crippen LogP contribution in [0.5, 0.6) is 0 Å². The van der Waals surface area contributed by atoms with E-state index in [1.807, 2.05) is 24.3 Å². The van der Waals surface area contributed by atoms with Crippen LogP contribution in [0.25, 0.3) is 0 Å². The van der Waals surface area contributed by atoms with Crippen molar-refractivity contribution in [3.05, 3.63) is 34.9 Å². The van der Waals surface area contributed by atoms with Gasteiger partial charge >= 0.3 is 0 Å². The Morgan fingerprint density at radius 2 is 2.05 bits per heavy atom. The molecule has 0 aromatic heterocycles. The summed E-state index contributed by atoms with van der Waals surface area (Å²) in [6.45, 7) is 0.612. The third kappa shape index (κ3) is 4.80. The Kier molecular flexibility index (Phi) is 5.86. The average molecular weight is 296 g/mol. The number of aryl methyl sites for hydroxylation is 1. The van der Waals surface area contributed by atoms with Gasteiger partial charge in [-0.2, -0.15) is 0 Å². The lowest BCUT2D eigenvalue weighted by Gasteiger charge is -2.14. The molecule has 110 valence electrons. The van der Waals surface area contributed by atoms with E-state index >= 15 is 0 Å². The lowest BCUT2D eigenvalue weighted by molar-refractivity contribution is -0.121. The highest BCUT2D eigenvalue weighted by atomic mass is 35.5. The first kappa shape index (κ1) is 15.3. The second-order valence-corrected chi connectivity index (χ2v) is 5.98. The molecule has 1 amide bonds. The number of carbonyl (C=O) groups is 1. The summed E-state index contributed by atoms with van der Waals surface area (Å²) in [5.41, 5.74) is 1.20. The van der Waals surface area contributed by atoms with Crippen LogP contribution < -0.4 is 5.32 Å². The Morgan fingerprint density at radius 3 is 2.70 bits per heavy atom. The molecule has 2 rings (SSSR count). The average Bonchev–Trinajstić information content (AvgIpc) is 2.84. The molecule has 0 heterocycles. The number of aliphatic hydroxyl groups excluding tert-OH is 1. The van der Waals surface area contributed by atoms with Crippen LogP contribution in [-0.2, 0) is 11.2 Å². The van der Waals surface area contributed by atoms with Crippen molar-refractivity contribution in [2.75, 3.05) is 6.54 Å². The Morgan fingerprint density at radius 1 is 1.30 bits per heavy atom. The number of benzene rings is 1. The highest BCUT2D eigenvalue weighted by Crippen LogP contribution is 2.24. The van der Waals surface area contributed by atoms with Gasteiger partial charge < -0.3 is 10.4 Å². The zero-order valence-corrected chi connectivity index (χ0v) is 12.4. The molecule has 1 aromatic carbocycles. The van der Waals surface area contributed by atoms with Gasteiger partial charge in [0.05, 0.1) is 6.10 Å². The molecule has 20 heavy (non-hydrogen) atoms. The topological polar surface area (TPSA) is 49.3 Å². The molecule has 2 N–H and O–H groups in total. The van der Waals surface area contributed by atoms with Crippen molar-refractivity contribution >= 4 is 17.5 Å². The van der Waals surface area contributed by atoms with Crippen LogP contribution in [0, 0.1) is 5.92 Å². The smallest absolute Gasteiger partial charge is 0.220 e. The van der Waals surface area contributed by atoms with Gasteiger partial charge in [0.2, 0.25) is 5.91 Å². The molecule has 0 spiro atoms. The van der Waals surface area contributed by atoms with Gasteiger partial charge in [-0.25, -0.2) is 0 Å². The predicted molar refractivity (Wildman–Crippen MR) is 80.7 cm³/mol. The fourth-order valence-electron chi connectivity index (χ4n) is 2.69. The summed E-state index contributed by atoms with van der Waals surface area (Å²) in [5, 5.41) is 13.4. The van der Waals surface area contributed by atoms with E-state index in [0.29, 0.717) is 13.0 Å². The number of nitrogens with one attached hydrogen (secondary N) is 1. The Hall–Kier alpha value is -1.06. The molecule has 4 heteroatoms. The first-order valence-corrected chi connectivity index (χ1v) is 7.72. The largest absolute Gasteiger partial charge is 0.393 e. The van der Waals surface area contributed by atoms with Crippen LogP contribution in [0.1, 0.15) is 37.7 Å². The van der Waals surface area contributed by atoms with Gasteiger partial charge in [-0.05, 0) is 43.4 Å². The number of halogens is 1. The summed E-state index contributed by atoms with van der Waals surface area (Å²) in [6, 6.07) is 7.74. The molecule has 1 saturated carbocycles. The number of rotatable bonds is 6. The molecule has 1 aliphatic carbocycles. The lowest BCUT2D eigenvalue weighted by Crippen LogP contribution is -2.32. The minimum atomic E-state index is -0.232. The Bertz CT molecular complexity index is 433. The maximum Gasteiger partial charge on any atom is 0.220 e. The molecule has 1 aromatic rings. The molecule has 3 nitrogen and oxygen atoms in total. The summed E-state index contributed by atoms with van der Waals surface area (Å²) < 4.78 is 0. The molecule has 1 fully saturated rings. The molecule has 2 atom stereocenters. The van der Waals surface area contributed by atoms with Gasteiger partial charge in [-0.3, -0.25) is 4.79 Å². The summed E-state index contributed by atoms with van der Waals surface area (Å²) in [5.74, 6) is 0.327. The second-order valence-electron chi connectivity index (χ2n) is 5.54. The van der Waals surface area contributed by atoms with Crippen LogP contribution in [0.3, 0.4) is 0 Å². The molecule has 0 radical (unpaired) electrons. The maximum absolute atomic E-state index is 11.7. The van der Waals surface area contributed by atoms with Crippen LogP contribution >= 0.6 is 11.6 Å². The van der Waals surface area contributed by atoms with Crippen molar-refractivity contribution in [3.8, 4) is 0 Å². The van der Waals surface area contributed by atoms with Gasteiger partial charge in [0, 0.05) is 23.9 Å². The molecule has 1 aliphatic rings. The van der Waals surface area contributed by atoms with E-state index in [9.17, 15) is 9.90 Å². The zero-order chi connectivity index (χ0) is 14.4. The fourth-order valence-corrected chi connectivity index (χ4v) is 2.82. The third-order valence-electron chi connectivity index (χ3n) is 3.96. The van der Waals surface area contributed by atoms with Crippen LogP contribution in [0.15, 0.2) is 24.3 Å². The molecule has 0 saturated heterocycles. The summed E-state index contributed by atoms with van der Waals surface area (Å²) in [7, 11) is 0. The van der Waals surface area contributed by atoms with Gasteiger partial charge in [-0.1, -0.05) is 30.2 Å². The highest BCUT2D eigenvalue weighted by molar-refractivity contribution is 6.30. The van der Waals surface area contributed by atoms with Gasteiger partial charge in [0.15, 0.2) is 0 Å². The van der Waals surface area contributed by atoms with E-state index in [0.717, 1.165) is 37.1 Å². The van der Waals surface area contributed by atoms with E-state index in [4.69, 9.17) is 11.6 Å². The highest BCUT2D eigenvalue weighted by Gasteiger charge is 2.25. The van der Waals surface area contributed by atoms with E-state index in [2.05, 4.69) is 5.32 Å². The van der Waals surface area contributed by atoms with Crippen molar-refractivity contribution in [1.29, 1.82) is 0 Å². The molecule has 0 bridgehead atoms. The summed E-state index contributed by atoms with van der Waals surface area (Å²) >= 11 is 5.83. The molecular formula is C16H22ClNO2. The SMILES string of the molecule is O=C(CCCc1ccc(Cl)cc1)NC[C@@H]1CCC[C@@H]1O. The quantitative estimate of drug-likeness (QED) is 0.848. The van der Waals surface area contributed by atoms with Crippen LogP contribution in [0.2, 0.25) is 5.02 Å². The lowest BCUT2D eigenvalue weighted by atomic mass is 10.1. The van der Waals surface area contributed by atoms with Crippen LogP contribution in [0.4, 0.5) is 0 Å². The molecular weight excluding hydrogens is 274 g/mol. The molecule has 0 aliphatic heterocycles. The number of aliphatic hydroxyl groups is 1. The molecule has 0 unspecified atom stereocenters. The van der Waals surface area contributed by atoms with Crippen molar-refractivity contribution < 1.29 is 9.90 Å². The summed E-state index contributed by atoms with van der Waals surface area (Å²) in [4.78, 5) is 11.7. The second kappa shape index (κ2) is 7.65. The van der Waals surface area contributed by atoms with E-state index in [-0.39, 0.29) is 17.9 Å². The minimum Gasteiger partial charge on any atom is -0.393 e. The fraction of sp³-hybridized carbons (Fsp3) is 0.562. The first-order chi connectivity index (χ1) is 9.65. The zero-order valence-electron chi connectivity index (χ0n) is 11.6. The number of hydrogen-bond donors (Lipinski definition) is 2. The Balaban J connectivity index is 1.61. The van der Waals surface area contributed by atoms with Crippen molar-refractivity contribution in [2.24, 2.45) is 5.92 Å². The van der Waals surface area contributed by atoms with Gasteiger partial charge in [0.25, 0.3) is 0 Å². The third-order valence-corrected chi connectivity index (χ3v) is 4.21. The van der Waals surface area contributed by atoms with Crippen LogP contribution in [-0.4, -0.2) is 23.7 Å². The number of carbonyl (C=O) groups excluding carboxylic acids is 1. The van der Waals surface area contributed by atoms with Gasteiger partial charge in [-0.15, -0.1) is 0 Å². The first-order valence-electron chi connectivity index (χ1n) is 7.34. The normalized spacial score (nSPS) is 21.9.